The smallest absolute Gasteiger partial charge is 0.294 e. The number of amides is 1. The lowest BCUT2D eigenvalue weighted by Gasteiger charge is -2.27. The van der Waals surface area contributed by atoms with Crippen molar-refractivity contribution in [2.45, 2.75) is 13.0 Å². The van der Waals surface area contributed by atoms with Gasteiger partial charge in [0.05, 0.1) is 22.2 Å². The second kappa shape index (κ2) is 8.88. The lowest BCUT2D eigenvalue weighted by atomic mass is 9.94. The van der Waals surface area contributed by atoms with E-state index in [1.165, 1.54) is 42.5 Å². The third kappa shape index (κ3) is 4.02. The average molecular weight is 489 g/mol. The monoisotopic (exact) mass is 488 g/mol. The van der Waals surface area contributed by atoms with Crippen LogP contribution in [-0.2, 0) is 4.79 Å². The number of thiazole rings is 1. The Morgan fingerprint density at radius 1 is 0.971 bits per heavy atom. The number of nitrogens with zero attached hydrogens (tertiary/aromatic N) is 2. The van der Waals surface area contributed by atoms with Crippen molar-refractivity contribution in [2.75, 3.05) is 4.90 Å². The summed E-state index contributed by atoms with van der Waals surface area (Å²) in [5.41, 5.74) is 1.66. The minimum atomic E-state index is -1.08. The molecule has 4 aromatic rings. The van der Waals surface area contributed by atoms with Gasteiger partial charge in [0.1, 0.15) is 16.6 Å². The lowest BCUT2D eigenvalue weighted by molar-refractivity contribution is -0.117. The van der Waals surface area contributed by atoms with E-state index in [4.69, 9.17) is 0 Å². The van der Waals surface area contributed by atoms with Crippen molar-refractivity contribution < 1.29 is 23.5 Å². The number of hydrogen-bond acceptors (Lipinski definition) is 5. The molecule has 0 radical (unpaired) electrons. The molecule has 1 unspecified atom stereocenters. The number of Topliss-reactive ketones (excluding diaryl/α,β-unsaturated/α-hetero) is 1. The fraction of sp³-hybridized carbons (Fsp3) is 0.0741. The van der Waals surface area contributed by atoms with Crippen molar-refractivity contribution in [2.24, 2.45) is 0 Å². The number of aryl methyl sites for hydroxylation is 1. The summed E-state index contributed by atoms with van der Waals surface area (Å²) in [6.45, 7) is 1.68. The molecule has 5 rings (SSSR count). The van der Waals surface area contributed by atoms with Crippen molar-refractivity contribution in [3.63, 3.8) is 0 Å². The molecule has 1 aliphatic rings. The summed E-state index contributed by atoms with van der Waals surface area (Å²) < 4.78 is 27.7. The Hall–Kier alpha value is -4.17. The highest BCUT2D eigenvalue weighted by atomic mass is 32.1. The molecule has 0 bridgehead atoms. The van der Waals surface area contributed by atoms with Gasteiger partial charge in [0.15, 0.2) is 5.76 Å². The Bertz CT molecular complexity index is 1480. The van der Waals surface area contributed by atoms with Gasteiger partial charge in [-0.1, -0.05) is 48.5 Å². The Labute approximate surface area is 203 Å². The van der Waals surface area contributed by atoms with Crippen molar-refractivity contribution in [1.29, 1.82) is 0 Å². The standard InChI is InChI=1S/C27H18F2N2O3S/c1-15-25(35-26(30-15)17-6-3-2-4-7-17)23(32)21-22(16-10-12-18(28)13-11-16)31(27(34)24(21)33)20-9-5-8-19(29)14-20/h2-14,22,33H,1H3. The Kier molecular flexibility index (Phi) is 5.74. The molecule has 1 amide bonds. The number of ketones is 1. The zero-order valence-electron chi connectivity index (χ0n) is 18.4. The molecular formula is C27H18F2N2O3S. The minimum absolute atomic E-state index is 0.157. The normalized spacial score (nSPS) is 15.7. The maximum Gasteiger partial charge on any atom is 0.294 e. The van der Waals surface area contributed by atoms with E-state index < -0.39 is 35.1 Å². The van der Waals surface area contributed by atoms with Crippen molar-refractivity contribution in [1.82, 2.24) is 4.98 Å². The van der Waals surface area contributed by atoms with Crippen LogP contribution in [0.3, 0.4) is 0 Å². The van der Waals surface area contributed by atoms with Gasteiger partial charge >= 0.3 is 0 Å². The van der Waals surface area contributed by atoms with Crippen LogP contribution in [0.4, 0.5) is 14.5 Å². The Morgan fingerprint density at radius 2 is 1.69 bits per heavy atom. The van der Waals surface area contributed by atoms with Crippen LogP contribution < -0.4 is 4.90 Å². The number of hydrogen-bond donors (Lipinski definition) is 1. The molecule has 35 heavy (non-hydrogen) atoms. The predicted molar refractivity (Wildman–Crippen MR) is 129 cm³/mol. The summed E-state index contributed by atoms with van der Waals surface area (Å²) in [6, 6.07) is 18.8. The molecule has 3 aromatic carbocycles. The fourth-order valence-corrected chi connectivity index (χ4v) is 5.15. The first kappa shape index (κ1) is 22.6. The van der Waals surface area contributed by atoms with Gasteiger partial charge in [-0.05, 0) is 42.8 Å². The highest BCUT2D eigenvalue weighted by Gasteiger charge is 2.45. The topological polar surface area (TPSA) is 70.5 Å². The van der Waals surface area contributed by atoms with E-state index in [1.54, 1.807) is 6.92 Å². The summed E-state index contributed by atoms with van der Waals surface area (Å²) in [7, 11) is 0. The maximum absolute atomic E-state index is 14.0. The van der Waals surface area contributed by atoms with Crippen LogP contribution in [0, 0.1) is 18.6 Å². The van der Waals surface area contributed by atoms with Gasteiger partial charge in [0.25, 0.3) is 5.91 Å². The molecule has 1 N–H and O–H groups in total. The van der Waals surface area contributed by atoms with Crippen LogP contribution in [0.1, 0.15) is 27.0 Å². The second-order valence-corrected chi connectivity index (χ2v) is 9.00. The number of anilines is 1. The second-order valence-electron chi connectivity index (χ2n) is 8.00. The van der Waals surface area contributed by atoms with E-state index in [0.717, 1.165) is 27.9 Å². The van der Waals surface area contributed by atoms with Crippen LogP contribution in [0.15, 0.2) is 90.2 Å². The fourth-order valence-electron chi connectivity index (χ4n) is 4.12. The number of rotatable bonds is 5. The molecule has 174 valence electrons. The van der Waals surface area contributed by atoms with Crippen molar-refractivity contribution in [3.05, 3.63) is 118 Å². The van der Waals surface area contributed by atoms with Crippen molar-refractivity contribution >= 4 is 28.7 Å². The molecule has 8 heteroatoms. The first-order chi connectivity index (χ1) is 16.8. The average Bonchev–Trinajstić information content (AvgIpc) is 3.37. The maximum atomic E-state index is 14.0. The van der Waals surface area contributed by atoms with Crippen molar-refractivity contribution in [3.8, 4) is 10.6 Å². The summed E-state index contributed by atoms with van der Waals surface area (Å²) in [4.78, 5) is 32.9. The summed E-state index contributed by atoms with van der Waals surface area (Å²) in [5, 5.41) is 11.5. The molecule has 0 fully saturated rings. The first-order valence-corrected chi connectivity index (χ1v) is 11.5. The summed E-state index contributed by atoms with van der Waals surface area (Å²) >= 11 is 1.15. The van der Waals surface area contributed by atoms with Gasteiger partial charge in [0.2, 0.25) is 5.78 Å². The number of aliphatic hydroxyl groups excluding tert-OH is 1. The summed E-state index contributed by atoms with van der Waals surface area (Å²) in [5.74, 6) is -3.23. The zero-order chi connectivity index (χ0) is 24.7. The molecule has 0 spiro atoms. The minimum Gasteiger partial charge on any atom is -0.503 e. The van der Waals surface area contributed by atoms with E-state index >= 15 is 0 Å². The first-order valence-electron chi connectivity index (χ1n) is 10.7. The molecule has 0 aliphatic carbocycles. The van der Waals surface area contributed by atoms with Gasteiger partial charge in [-0.25, -0.2) is 13.8 Å². The highest BCUT2D eigenvalue weighted by molar-refractivity contribution is 7.17. The van der Waals surface area contributed by atoms with E-state index in [1.807, 2.05) is 30.3 Å². The summed E-state index contributed by atoms with van der Waals surface area (Å²) in [6.07, 6.45) is 0. The van der Waals surface area contributed by atoms with E-state index in [0.29, 0.717) is 16.3 Å². The van der Waals surface area contributed by atoms with Gasteiger partial charge in [-0.2, -0.15) is 0 Å². The molecule has 0 saturated heterocycles. The molecule has 1 aliphatic heterocycles. The van der Waals surface area contributed by atoms with Gasteiger partial charge < -0.3 is 5.11 Å². The molecule has 1 aromatic heterocycles. The van der Waals surface area contributed by atoms with Crippen LogP contribution in [0.2, 0.25) is 0 Å². The molecule has 2 heterocycles. The van der Waals surface area contributed by atoms with Crippen LogP contribution in [0.5, 0.6) is 0 Å². The van der Waals surface area contributed by atoms with Crippen LogP contribution >= 0.6 is 11.3 Å². The molecule has 0 saturated carbocycles. The number of halogens is 2. The van der Waals surface area contributed by atoms with Gasteiger partial charge in [0, 0.05) is 11.3 Å². The van der Waals surface area contributed by atoms with Crippen LogP contribution in [-0.4, -0.2) is 21.8 Å². The SMILES string of the molecule is Cc1nc(-c2ccccc2)sc1C(=O)C1=C(O)C(=O)N(c2cccc(F)c2)C1c1ccc(F)cc1. The largest absolute Gasteiger partial charge is 0.503 e. The van der Waals surface area contributed by atoms with Crippen LogP contribution in [0.25, 0.3) is 10.6 Å². The number of benzene rings is 3. The molecule has 5 nitrogen and oxygen atoms in total. The lowest BCUT2D eigenvalue weighted by Crippen LogP contribution is -2.31. The quantitative estimate of drug-likeness (QED) is 0.341. The number of carbonyl (C=O) groups is 2. The highest BCUT2D eigenvalue weighted by Crippen LogP contribution is 2.43. The van der Waals surface area contributed by atoms with E-state index in [9.17, 15) is 23.5 Å². The third-order valence-corrected chi connectivity index (χ3v) is 6.95. The Morgan fingerprint density at radius 3 is 2.37 bits per heavy atom. The molecule has 1 atom stereocenters. The van der Waals surface area contributed by atoms with E-state index in [-0.39, 0.29) is 16.1 Å². The van der Waals surface area contributed by atoms with E-state index in [2.05, 4.69) is 4.98 Å². The number of aromatic nitrogens is 1. The zero-order valence-corrected chi connectivity index (χ0v) is 19.2. The molecular weight excluding hydrogens is 470 g/mol. The predicted octanol–water partition coefficient (Wildman–Crippen LogP) is 6.18. The van der Waals surface area contributed by atoms with Gasteiger partial charge in [-0.15, -0.1) is 11.3 Å². The van der Waals surface area contributed by atoms with Gasteiger partial charge in [-0.3, -0.25) is 14.5 Å². The number of aliphatic hydroxyl groups is 1. The number of carbonyl (C=O) groups excluding carboxylic acids is 2. The Balaban J connectivity index is 1.64. The third-order valence-electron chi connectivity index (χ3n) is 5.75.